The number of aryl methyl sites for hydroxylation is 3. The van der Waals surface area contributed by atoms with Gasteiger partial charge in [-0.25, -0.2) is 0 Å². The van der Waals surface area contributed by atoms with Gasteiger partial charge in [-0.2, -0.15) is 0 Å². The minimum Gasteiger partial charge on any atom is -0.358 e. The number of hydrogen-bond acceptors (Lipinski definition) is 0. The highest BCUT2D eigenvalue weighted by molar-refractivity contribution is 5.95. The molecule has 1 aliphatic rings. The minimum absolute atomic E-state index is 0.289. The maximum Gasteiger partial charge on any atom is 0.0506 e. The van der Waals surface area contributed by atoms with Crippen LogP contribution >= 0.6 is 0 Å². The van der Waals surface area contributed by atoms with E-state index in [0.717, 1.165) is 0 Å². The Kier molecular flexibility index (Phi) is 3.40. The molecule has 0 amide bonds. The Morgan fingerprint density at radius 1 is 0.630 bits per heavy atom. The van der Waals surface area contributed by atoms with Crippen molar-refractivity contribution in [3.05, 3.63) is 93.2 Å². The number of H-pyrrole nitrogens is 1. The van der Waals surface area contributed by atoms with E-state index in [1.807, 2.05) is 0 Å². The lowest BCUT2D eigenvalue weighted by Gasteiger charge is -2.21. The molecular weight excluding hydrogens is 326 g/mol. The molecule has 1 nitrogen and oxygen atoms in total. The van der Waals surface area contributed by atoms with Crippen molar-refractivity contribution in [3.8, 4) is 11.1 Å². The van der Waals surface area contributed by atoms with Crippen molar-refractivity contribution in [1.82, 2.24) is 4.98 Å². The van der Waals surface area contributed by atoms with E-state index in [2.05, 4.69) is 88.1 Å². The predicted octanol–water partition coefficient (Wildman–Crippen LogP) is 6.87. The molecule has 0 radical (unpaired) electrons. The van der Waals surface area contributed by atoms with Gasteiger partial charge in [-0.05, 0) is 84.7 Å². The Balaban J connectivity index is 1.94. The largest absolute Gasteiger partial charge is 0.358 e. The average molecular weight is 351 g/mol. The molecule has 4 aromatic rings. The van der Waals surface area contributed by atoms with E-state index in [9.17, 15) is 0 Å². The third-order valence-corrected chi connectivity index (χ3v) is 6.80. The van der Waals surface area contributed by atoms with Crippen LogP contribution in [0.3, 0.4) is 0 Å². The number of hydrogen-bond donors (Lipinski definition) is 1. The zero-order chi connectivity index (χ0) is 18.9. The van der Waals surface area contributed by atoms with Gasteiger partial charge in [0.2, 0.25) is 0 Å². The Labute approximate surface area is 161 Å². The topological polar surface area (TPSA) is 15.8 Å². The van der Waals surface area contributed by atoms with Crippen LogP contribution in [0.4, 0.5) is 0 Å². The van der Waals surface area contributed by atoms with Gasteiger partial charge in [-0.3, -0.25) is 0 Å². The first kappa shape index (κ1) is 16.4. The van der Waals surface area contributed by atoms with Crippen molar-refractivity contribution in [1.29, 1.82) is 0 Å². The summed E-state index contributed by atoms with van der Waals surface area (Å²) in [4.78, 5) is 3.74. The highest BCUT2D eigenvalue weighted by Gasteiger charge is 2.33. The van der Waals surface area contributed by atoms with E-state index in [1.54, 1.807) is 0 Å². The van der Waals surface area contributed by atoms with E-state index < -0.39 is 0 Å². The Bertz CT molecular complexity index is 1180. The average Bonchev–Trinajstić information content (AvgIpc) is 3.16. The summed E-state index contributed by atoms with van der Waals surface area (Å²) < 4.78 is 0. The molecule has 5 rings (SSSR count). The monoisotopic (exact) mass is 351 g/mol. The molecule has 0 spiro atoms. The standard InChI is InChI=1S/C26H25N/c1-14-15(2)23-17(4)18(5)27-26(23)24(16(14)3)25-21-12-8-6-10-19(21)20-11-7-9-13-22(20)25/h6-13,25,27H,1-5H3. The van der Waals surface area contributed by atoms with Crippen molar-refractivity contribution in [2.24, 2.45) is 0 Å². The van der Waals surface area contributed by atoms with Crippen LogP contribution < -0.4 is 0 Å². The Hall–Kier alpha value is -2.80. The molecule has 1 heterocycles. The second kappa shape index (κ2) is 5.60. The predicted molar refractivity (Wildman–Crippen MR) is 115 cm³/mol. The van der Waals surface area contributed by atoms with Gasteiger partial charge in [-0.1, -0.05) is 48.5 Å². The maximum absolute atomic E-state index is 3.74. The quantitative estimate of drug-likeness (QED) is 0.339. The van der Waals surface area contributed by atoms with E-state index in [1.165, 1.54) is 66.7 Å². The highest BCUT2D eigenvalue weighted by Crippen LogP contribution is 2.51. The fourth-order valence-corrected chi connectivity index (χ4v) is 5.08. The fourth-order valence-electron chi connectivity index (χ4n) is 5.08. The zero-order valence-electron chi connectivity index (χ0n) is 16.7. The normalized spacial score (nSPS) is 13.2. The molecule has 3 aromatic carbocycles. The molecular formula is C26H25N. The molecule has 27 heavy (non-hydrogen) atoms. The first-order valence-electron chi connectivity index (χ1n) is 9.77. The summed E-state index contributed by atoms with van der Waals surface area (Å²) in [5, 5.41) is 1.41. The Morgan fingerprint density at radius 2 is 1.19 bits per heavy atom. The van der Waals surface area contributed by atoms with E-state index >= 15 is 0 Å². The summed E-state index contributed by atoms with van der Waals surface area (Å²) in [5.74, 6) is 0.289. The van der Waals surface area contributed by atoms with Gasteiger partial charge >= 0.3 is 0 Å². The summed E-state index contributed by atoms with van der Waals surface area (Å²) in [5.41, 5.74) is 15.3. The summed E-state index contributed by atoms with van der Waals surface area (Å²) >= 11 is 0. The number of aromatic amines is 1. The van der Waals surface area contributed by atoms with Crippen LogP contribution in [-0.4, -0.2) is 4.98 Å². The number of benzene rings is 3. The lowest BCUT2D eigenvalue weighted by molar-refractivity contribution is 0.996. The molecule has 0 fully saturated rings. The molecule has 0 bridgehead atoms. The van der Waals surface area contributed by atoms with E-state index in [0.29, 0.717) is 0 Å². The lowest BCUT2D eigenvalue weighted by atomic mass is 9.82. The van der Waals surface area contributed by atoms with Crippen LogP contribution in [0.5, 0.6) is 0 Å². The van der Waals surface area contributed by atoms with Crippen molar-refractivity contribution in [2.75, 3.05) is 0 Å². The number of aromatic nitrogens is 1. The second-order valence-corrected chi connectivity index (χ2v) is 8.02. The summed E-state index contributed by atoms with van der Waals surface area (Å²) in [6.45, 7) is 11.3. The first-order valence-corrected chi connectivity index (χ1v) is 9.77. The SMILES string of the molecule is Cc1[nH]c2c(C3c4ccccc4-c4ccccc43)c(C)c(C)c(C)c2c1C. The van der Waals surface area contributed by atoms with Gasteiger partial charge in [0.25, 0.3) is 0 Å². The lowest BCUT2D eigenvalue weighted by Crippen LogP contribution is -2.06. The third-order valence-electron chi connectivity index (χ3n) is 6.80. The smallest absolute Gasteiger partial charge is 0.0506 e. The Morgan fingerprint density at radius 3 is 1.78 bits per heavy atom. The van der Waals surface area contributed by atoms with E-state index in [-0.39, 0.29) is 5.92 Å². The zero-order valence-corrected chi connectivity index (χ0v) is 16.7. The van der Waals surface area contributed by atoms with Crippen LogP contribution in [0.15, 0.2) is 48.5 Å². The second-order valence-electron chi connectivity index (χ2n) is 8.02. The van der Waals surface area contributed by atoms with Crippen LogP contribution in [0.1, 0.15) is 50.6 Å². The molecule has 1 aliphatic carbocycles. The third kappa shape index (κ3) is 2.06. The molecule has 0 saturated carbocycles. The minimum atomic E-state index is 0.289. The van der Waals surface area contributed by atoms with Gasteiger partial charge in [0.05, 0.1) is 5.52 Å². The van der Waals surface area contributed by atoms with Crippen molar-refractivity contribution >= 4 is 10.9 Å². The van der Waals surface area contributed by atoms with Crippen molar-refractivity contribution < 1.29 is 0 Å². The van der Waals surface area contributed by atoms with Crippen molar-refractivity contribution in [3.63, 3.8) is 0 Å². The summed E-state index contributed by atoms with van der Waals surface area (Å²) in [7, 11) is 0. The number of fused-ring (bicyclic) bond motifs is 4. The summed E-state index contributed by atoms with van der Waals surface area (Å²) in [6.07, 6.45) is 0. The van der Waals surface area contributed by atoms with Gasteiger partial charge in [0.15, 0.2) is 0 Å². The van der Waals surface area contributed by atoms with Crippen LogP contribution in [0.25, 0.3) is 22.0 Å². The molecule has 1 N–H and O–H groups in total. The van der Waals surface area contributed by atoms with Crippen LogP contribution in [0.2, 0.25) is 0 Å². The molecule has 1 heteroatoms. The fraction of sp³-hybridized carbons (Fsp3) is 0.231. The number of nitrogens with one attached hydrogen (secondary N) is 1. The van der Waals surface area contributed by atoms with Crippen LogP contribution in [0, 0.1) is 34.6 Å². The first-order chi connectivity index (χ1) is 13.0. The van der Waals surface area contributed by atoms with Crippen molar-refractivity contribution in [2.45, 2.75) is 40.5 Å². The highest BCUT2D eigenvalue weighted by atomic mass is 14.7. The molecule has 0 unspecified atom stereocenters. The molecule has 134 valence electrons. The molecule has 1 aromatic heterocycles. The molecule has 0 aliphatic heterocycles. The van der Waals surface area contributed by atoms with Gasteiger partial charge in [0.1, 0.15) is 0 Å². The van der Waals surface area contributed by atoms with Crippen LogP contribution in [-0.2, 0) is 0 Å². The summed E-state index contributed by atoms with van der Waals surface area (Å²) in [6, 6.07) is 17.8. The number of rotatable bonds is 1. The molecule has 0 saturated heterocycles. The van der Waals surface area contributed by atoms with E-state index in [4.69, 9.17) is 0 Å². The van der Waals surface area contributed by atoms with Gasteiger partial charge < -0.3 is 4.98 Å². The van der Waals surface area contributed by atoms with Gasteiger partial charge in [0, 0.05) is 17.0 Å². The van der Waals surface area contributed by atoms with Gasteiger partial charge in [-0.15, -0.1) is 0 Å². The maximum atomic E-state index is 3.74. The molecule has 0 atom stereocenters.